The zero-order valence-electron chi connectivity index (χ0n) is 5.53. The van der Waals surface area contributed by atoms with Crippen LogP contribution >= 0.6 is 24.2 Å². The minimum absolute atomic E-state index is 0. The molecule has 0 saturated carbocycles. The molecule has 0 aromatic heterocycles. The van der Waals surface area contributed by atoms with E-state index in [1.54, 1.807) is 11.8 Å². The largest absolute Gasteiger partial charge is 0.480 e. The van der Waals surface area contributed by atoms with E-state index in [1.807, 2.05) is 6.92 Å². The Balaban J connectivity index is 0.000000810. The minimum Gasteiger partial charge on any atom is -0.480 e. The normalized spacial score (nSPS) is 31.3. The zero-order chi connectivity index (χ0) is 6.85. The van der Waals surface area contributed by atoms with E-state index in [2.05, 4.69) is 5.32 Å². The van der Waals surface area contributed by atoms with Crippen molar-refractivity contribution in [2.24, 2.45) is 0 Å². The summed E-state index contributed by atoms with van der Waals surface area (Å²) in [5, 5.41) is 11.7. The molecule has 2 unspecified atom stereocenters. The standard InChI is InChI=1S/C5H9NO2S.ClH/c1-3-6-4(2-9-3)5(7)8;/h3-4,6H,2H2,1H3,(H,7,8);1H. The highest BCUT2D eigenvalue weighted by Crippen LogP contribution is 2.17. The minimum atomic E-state index is -0.744. The van der Waals surface area contributed by atoms with Crippen LogP contribution in [-0.4, -0.2) is 28.2 Å². The average Bonchev–Trinajstić information content (AvgIpc) is 2.14. The number of carboxylic acids is 1. The van der Waals surface area contributed by atoms with Gasteiger partial charge in [-0.1, -0.05) is 0 Å². The van der Waals surface area contributed by atoms with Gasteiger partial charge in [0.2, 0.25) is 0 Å². The van der Waals surface area contributed by atoms with E-state index in [0.717, 1.165) is 0 Å². The first-order valence-electron chi connectivity index (χ1n) is 2.80. The lowest BCUT2D eigenvalue weighted by Crippen LogP contribution is -2.35. The molecular formula is C5H10ClNO2S. The van der Waals surface area contributed by atoms with Crippen LogP contribution in [0.25, 0.3) is 0 Å². The van der Waals surface area contributed by atoms with E-state index < -0.39 is 5.97 Å². The second-order valence-corrected chi connectivity index (χ2v) is 3.41. The van der Waals surface area contributed by atoms with Gasteiger partial charge < -0.3 is 5.11 Å². The van der Waals surface area contributed by atoms with Crippen molar-refractivity contribution in [3.8, 4) is 0 Å². The molecule has 2 N–H and O–H groups in total. The molecule has 3 nitrogen and oxygen atoms in total. The second kappa shape index (κ2) is 4.05. The third kappa shape index (κ3) is 2.36. The lowest BCUT2D eigenvalue weighted by Gasteiger charge is -2.02. The molecule has 1 fully saturated rings. The van der Waals surface area contributed by atoms with Gasteiger partial charge in [0.05, 0.1) is 5.37 Å². The molecule has 0 amide bonds. The third-order valence-electron chi connectivity index (χ3n) is 1.25. The number of halogens is 1. The van der Waals surface area contributed by atoms with Crippen molar-refractivity contribution in [1.82, 2.24) is 5.32 Å². The van der Waals surface area contributed by atoms with Gasteiger partial charge in [0.1, 0.15) is 6.04 Å². The smallest absolute Gasteiger partial charge is 0.321 e. The molecule has 0 spiro atoms. The van der Waals surface area contributed by atoms with Crippen LogP contribution in [0.2, 0.25) is 0 Å². The SMILES string of the molecule is CC1NC(C(=O)O)CS1.Cl. The van der Waals surface area contributed by atoms with Crippen LogP contribution in [0.1, 0.15) is 6.92 Å². The van der Waals surface area contributed by atoms with Crippen LogP contribution in [0.3, 0.4) is 0 Å². The van der Waals surface area contributed by atoms with Gasteiger partial charge in [-0.15, -0.1) is 24.2 Å². The Morgan fingerprint density at radius 2 is 2.40 bits per heavy atom. The maximum atomic E-state index is 10.3. The van der Waals surface area contributed by atoms with Crippen molar-refractivity contribution < 1.29 is 9.90 Å². The van der Waals surface area contributed by atoms with Crippen molar-refractivity contribution in [1.29, 1.82) is 0 Å². The fourth-order valence-electron chi connectivity index (χ4n) is 0.763. The number of aliphatic carboxylic acids is 1. The van der Waals surface area contributed by atoms with Crippen molar-refractivity contribution in [2.75, 3.05) is 5.75 Å². The molecule has 1 heterocycles. The van der Waals surface area contributed by atoms with Crippen molar-refractivity contribution in [2.45, 2.75) is 18.3 Å². The van der Waals surface area contributed by atoms with E-state index >= 15 is 0 Å². The van der Waals surface area contributed by atoms with Gasteiger partial charge in [0, 0.05) is 5.75 Å². The Hall–Kier alpha value is 0.0700. The fraction of sp³-hybridized carbons (Fsp3) is 0.800. The first-order valence-corrected chi connectivity index (χ1v) is 3.85. The van der Waals surface area contributed by atoms with Crippen LogP contribution in [-0.2, 0) is 4.79 Å². The quantitative estimate of drug-likeness (QED) is 0.623. The van der Waals surface area contributed by atoms with Crippen LogP contribution in [0.15, 0.2) is 0 Å². The summed E-state index contributed by atoms with van der Waals surface area (Å²) in [5.41, 5.74) is 0. The molecule has 60 valence electrons. The van der Waals surface area contributed by atoms with Gasteiger partial charge in [-0.05, 0) is 6.92 Å². The molecule has 0 aliphatic carbocycles. The molecule has 0 aromatic rings. The van der Waals surface area contributed by atoms with E-state index in [0.29, 0.717) is 11.1 Å². The molecule has 1 saturated heterocycles. The second-order valence-electron chi connectivity index (χ2n) is 2.03. The predicted molar refractivity (Wildman–Crippen MR) is 43.7 cm³/mol. The van der Waals surface area contributed by atoms with Gasteiger partial charge in [-0.25, -0.2) is 0 Å². The summed E-state index contributed by atoms with van der Waals surface area (Å²) >= 11 is 1.64. The van der Waals surface area contributed by atoms with E-state index in [1.165, 1.54) is 0 Å². The van der Waals surface area contributed by atoms with E-state index in [9.17, 15) is 4.79 Å². The number of carbonyl (C=O) groups is 1. The lowest BCUT2D eigenvalue weighted by molar-refractivity contribution is -0.138. The molecule has 0 radical (unpaired) electrons. The average molecular weight is 184 g/mol. The van der Waals surface area contributed by atoms with Gasteiger partial charge >= 0.3 is 5.97 Å². The number of hydrogen-bond donors (Lipinski definition) is 2. The lowest BCUT2D eigenvalue weighted by atomic mass is 10.3. The molecule has 0 bridgehead atoms. The molecule has 10 heavy (non-hydrogen) atoms. The van der Waals surface area contributed by atoms with Crippen molar-refractivity contribution in [3.63, 3.8) is 0 Å². The number of carboxylic acid groups (broad SMARTS) is 1. The van der Waals surface area contributed by atoms with Crippen LogP contribution < -0.4 is 5.32 Å². The van der Waals surface area contributed by atoms with Gasteiger partial charge in [-0.2, -0.15) is 0 Å². The molecule has 1 aliphatic rings. The molecular weight excluding hydrogens is 174 g/mol. The number of thioether (sulfide) groups is 1. The Bertz CT molecular complexity index is 133. The predicted octanol–water partition coefficient (Wildman–Crippen LogP) is 0.544. The maximum absolute atomic E-state index is 10.3. The highest BCUT2D eigenvalue weighted by molar-refractivity contribution is 8.00. The highest BCUT2D eigenvalue weighted by atomic mass is 35.5. The van der Waals surface area contributed by atoms with Gasteiger partial charge in [0.15, 0.2) is 0 Å². The van der Waals surface area contributed by atoms with Crippen LogP contribution in [0, 0.1) is 0 Å². The fourth-order valence-corrected chi connectivity index (χ4v) is 1.74. The van der Waals surface area contributed by atoms with E-state index in [-0.39, 0.29) is 18.4 Å². The Labute approximate surface area is 70.0 Å². The van der Waals surface area contributed by atoms with Crippen molar-refractivity contribution in [3.05, 3.63) is 0 Å². The summed E-state index contributed by atoms with van der Waals surface area (Å²) in [4.78, 5) is 10.3. The number of hydrogen-bond acceptors (Lipinski definition) is 3. The summed E-state index contributed by atoms with van der Waals surface area (Å²) in [7, 11) is 0. The topological polar surface area (TPSA) is 49.3 Å². The Morgan fingerprint density at radius 1 is 1.80 bits per heavy atom. The first kappa shape index (κ1) is 10.1. The first-order chi connectivity index (χ1) is 4.20. The molecule has 5 heteroatoms. The number of nitrogens with one attached hydrogen (secondary N) is 1. The highest BCUT2D eigenvalue weighted by Gasteiger charge is 2.25. The Morgan fingerprint density at radius 3 is 2.60 bits per heavy atom. The molecule has 2 atom stereocenters. The van der Waals surface area contributed by atoms with E-state index in [4.69, 9.17) is 5.11 Å². The summed E-state index contributed by atoms with van der Waals surface area (Å²) in [6.07, 6.45) is 0. The molecule has 0 aromatic carbocycles. The summed E-state index contributed by atoms with van der Waals surface area (Å²) < 4.78 is 0. The Kier molecular flexibility index (Phi) is 4.08. The van der Waals surface area contributed by atoms with Crippen molar-refractivity contribution >= 4 is 30.1 Å². The molecule has 1 rings (SSSR count). The summed E-state index contributed by atoms with van der Waals surface area (Å²) in [6, 6.07) is -0.329. The summed E-state index contributed by atoms with van der Waals surface area (Å²) in [6.45, 7) is 1.97. The molecule has 1 aliphatic heterocycles. The zero-order valence-corrected chi connectivity index (χ0v) is 7.17. The maximum Gasteiger partial charge on any atom is 0.321 e. The van der Waals surface area contributed by atoms with Crippen LogP contribution in [0.4, 0.5) is 0 Å². The third-order valence-corrected chi connectivity index (χ3v) is 2.41. The number of rotatable bonds is 1. The van der Waals surface area contributed by atoms with Gasteiger partial charge in [0.25, 0.3) is 0 Å². The monoisotopic (exact) mass is 183 g/mol. The van der Waals surface area contributed by atoms with Gasteiger partial charge in [-0.3, -0.25) is 10.1 Å². The van der Waals surface area contributed by atoms with Crippen LogP contribution in [0.5, 0.6) is 0 Å². The summed E-state index contributed by atoms with van der Waals surface area (Å²) in [5.74, 6) is -0.0527.